The summed E-state index contributed by atoms with van der Waals surface area (Å²) in [7, 11) is -3.61. The number of nitrogens with one attached hydrogen (secondary N) is 1. The van der Waals surface area contributed by atoms with Crippen LogP contribution in [0.2, 0.25) is 0 Å². The first-order valence-electron chi connectivity index (χ1n) is 6.47. The maximum absolute atomic E-state index is 12.2. The van der Waals surface area contributed by atoms with E-state index < -0.39 is 16.0 Å². The molecule has 6 nitrogen and oxygen atoms in total. The van der Waals surface area contributed by atoms with E-state index in [1.165, 1.54) is 12.1 Å². The highest BCUT2D eigenvalue weighted by Gasteiger charge is 2.28. The molecule has 0 radical (unpaired) electrons. The lowest BCUT2D eigenvalue weighted by molar-refractivity contribution is -0.136. The second kappa shape index (κ2) is 6.21. The van der Waals surface area contributed by atoms with Crippen molar-refractivity contribution in [2.24, 2.45) is 5.73 Å². The van der Waals surface area contributed by atoms with Gasteiger partial charge in [-0.2, -0.15) is 0 Å². The lowest BCUT2D eigenvalue weighted by atomic mass is 9.92. The monoisotopic (exact) mass is 318 g/mol. The van der Waals surface area contributed by atoms with Gasteiger partial charge in [-0.25, -0.2) is 13.1 Å². The molecule has 0 amide bonds. The van der Waals surface area contributed by atoms with Crippen LogP contribution in [0.3, 0.4) is 0 Å². The Balaban J connectivity index is 2.09. The molecule has 0 bridgehead atoms. The number of aliphatic carboxylic acids is 1. The van der Waals surface area contributed by atoms with Gasteiger partial charge in [0.05, 0.1) is 6.42 Å². The molecule has 1 fully saturated rings. The third kappa shape index (κ3) is 3.78. The van der Waals surface area contributed by atoms with Crippen LogP contribution >= 0.6 is 11.3 Å². The molecule has 20 heavy (non-hydrogen) atoms. The van der Waals surface area contributed by atoms with Crippen LogP contribution in [0.25, 0.3) is 0 Å². The topological polar surface area (TPSA) is 109 Å². The van der Waals surface area contributed by atoms with Gasteiger partial charge in [0, 0.05) is 17.0 Å². The predicted octanol–water partition coefficient (Wildman–Crippen LogP) is 0.923. The van der Waals surface area contributed by atoms with Crippen molar-refractivity contribution in [2.45, 2.75) is 48.4 Å². The first-order valence-corrected chi connectivity index (χ1v) is 8.77. The minimum absolute atomic E-state index is 0.145. The van der Waals surface area contributed by atoms with E-state index in [1.807, 2.05) is 0 Å². The van der Waals surface area contributed by atoms with E-state index in [9.17, 15) is 13.2 Å². The summed E-state index contributed by atoms with van der Waals surface area (Å²) in [5, 5.41) is 8.70. The minimum atomic E-state index is -3.61. The lowest BCUT2D eigenvalue weighted by Crippen LogP contribution is -2.49. The molecule has 2 atom stereocenters. The fraction of sp³-hybridized carbons (Fsp3) is 0.583. The van der Waals surface area contributed by atoms with Crippen LogP contribution in [0, 0.1) is 0 Å². The Morgan fingerprint density at radius 1 is 1.40 bits per heavy atom. The zero-order valence-corrected chi connectivity index (χ0v) is 12.5. The summed E-state index contributed by atoms with van der Waals surface area (Å²) >= 11 is 0.986. The van der Waals surface area contributed by atoms with E-state index in [0.29, 0.717) is 4.88 Å². The third-order valence-electron chi connectivity index (χ3n) is 3.35. The van der Waals surface area contributed by atoms with Crippen LogP contribution in [0.5, 0.6) is 0 Å². The van der Waals surface area contributed by atoms with Crippen LogP contribution in [0.4, 0.5) is 0 Å². The van der Waals surface area contributed by atoms with Crippen LogP contribution in [0.1, 0.15) is 30.6 Å². The molecule has 0 aliphatic heterocycles. The summed E-state index contributed by atoms with van der Waals surface area (Å²) in [5.74, 6) is -0.974. The van der Waals surface area contributed by atoms with Crippen molar-refractivity contribution < 1.29 is 18.3 Å². The Morgan fingerprint density at radius 3 is 2.75 bits per heavy atom. The zero-order chi connectivity index (χ0) is 14.8. The quantitative estimate of drug-likeness (QED) is 0.748. The largest absolute Gasteiger partial charge is 0.481 e. The highest BCUT2D eigenvalue weighted by atomic mass is 32.2. The van der Waals surface area contributed by atoms with Crippen molar-refractivity contribution in [3.05, 3.63) is 17.0 Å². The van der Waals surface area contributed by atoms with Gasteiger partial charge in [-0.1, -0.05) is 12.8 Å². The number of carboxylic acid groups (broad SMARTS) is 1. The SMILES string of the molecule is NC1CCCCC1NS(=O)(=O)c1ccc(CC(=O)O)s1. The number of carbonyl (C=O) groups is 1. The third-order valence-corrected chi connectivity index (χ3v) is 6.42. The number of carboxylic acids is 1. The summed E-state index contributed by atoms with van der Waals surface area (Å²) < 4.78 is 27.3. The summed E-state index contributed by atoms with van der Waals surface area (Å²) in [5.41, 5.74) is 5.93. The molecule has 2 unspecified atom stereocenters. The Bertz CT molecular complexity index is 582. The van der Waals surface area contributed by atoms with Crippen LogP contribution in [0.15, 0.2) is 16.3 Å². The molecule has 0 aromatic carbocycles. The van der Waals surface area contributed by atoms with Gasteiger partial charge in [-0.05, 0) is 25.0 Å². The molecule has 1 aliphatic rings. The molecule has 1 heterocycles. The Hall–Kier alpha value is -0.960. The van der Waals surface area contributed by atoms with Gasteiger partial charge in [0.2, 0.25) is 10.0 Å². The molecular formula is C12H18N2O4S2. The van der Waals surface area contributed by atoms with E-state index in [0.717, 1.165) is 37.0 Å². The molecule has 112 valence electrons. The maximum atomic E-state index is 12.2. The Morgan fingerprint density at radius 2 is 2.10 bits per heavy atom. The molecule has 8 heteroatoms. The van der Waals surface area contributed by atoms with E-state index in [4.69, 9.17) is 10.8 Å². The molecule has 1 aromatic heterocycles. The molecule has 4 N–H and O–H groups in total. The van der Waals surface area contributed by atoms with Gasteiger partial charge in [0.1, 0.15) is 4.21 Å². The van der Waals surface area contributed by atoms with Gasteiger partial charge >= 0.3 is 5.97 Å². The number of sulfonamides is 1. The summed E-state index contributed by atoms with van der Waals surface area (Å²) in [6.07, 6.45) is 3.40. The minimum Gasteiger partial charge on any atom is -0.481 e. The molecule has 2 rings (SSSR count). The molecule has 1 aromatic rings. The van der Waals surface area contributed by atoms with E-state index in [-0.39, 0.29) is 22.7 Å². The molecule has 1 saturated carbocycles. The normalized spacial score (nSPS) is 23.6. The standard InChI is InChI=1S/C12H18N2O4S2/c13-9-3-1-2-4-10(9)14-20(17,18)12-6-5-8(19-12)7-11(15)16/h5-6,9-10,14H,1-4,7,13H2,(H,15,16). The Labute approximate surface area is 122 Å². The maximum Gasteiger partial charge on any atom is 0.308 e. The molecule has 1 aliphatic carbocycles. The fourth-order valence-corrected chi connectivity index (χ4v) is 5.00. The van der Waals surface area contributed by atoms with Gasteiger partial charge in [0.25, 0.3) is 0 Å². The predicted molar refractivity (Wildman–Crippen MR) is 76.2 cm³/mol. The van der Waals surface area contributed by atoms with Gasteiger partial charge in [0.15, 0.2) is 0 Å². The van der Waals surface area contributed by atoms with Gasteiger partial charge in [-0.3, -0.25) is 4.79 Å². The summed E-state index contributed by atoms with van der Waals surface area (Å²) in [4.78, 5) is 11.1. The number of nitrogens with two attached hydrogens (primary N) is 1. The average Bonchev–Trinajstić information content (AvgIpc) is 2.80. The van der Waals surface area contributed by atoms with E-state index in [1.54, 1.807) is 0 Å². The summed E-state index contributed by atoms with van der Waals surface area (Å²) in [6.45, 7) is 0. The Kier molecular flexibility index (Phi) is 4.79. The first kappa shape index (κ1) is 15.4. The first-order chi connectivity index (χ1) is 9.38. The highest BCUT2D eigenvalue weighted by molar-refractivity contribution is 7.91. The highest BCUT2D eigenvalue weighted by Crippen LogP contribution is 2.24. The fourth-order valence-electron chi connectivity index (χ4n) is 2.31. The van der Waals surface area contributed by atoms with Crippen molar-refractivity contribution in [3.8, 4) is 0 Å². The van der Waals surface area contributed by atoms with Gasteiger partial charge < -0.3 is 10.8 Å². The second-order valence-corrected chi connectivity index (χ2v) is 8.08. The second-order valence-electron chi connectivity index (χ2n) is 4.97. The van der Waals surface area contributed by atoms with Gasteiger partial charge in [-0.15, -0.1) is 11.3 Å². The number of rotatable bonds is 5. The number of hydrogen-bond acceptors (Lipinski definition) is 5. The van der Waals surface area contributed by atoms with Crippen molar-refractivity contribution in [2.75, 3.05) is 0 Å². The van der Waals surface area contributed by atoms with Crippen molar-refractivity contribution in [1.29, 1.82) is 0 Å². The van der Waals surface area contributed by atoms with Crippen molar-refractivity contribution in [1.82, 2.24) is 4.72 Å². The average molecular weight is 318 g/mol. The van der Waals surface area contributed by atoms with Crippen LogP contribution < -0.4 is 10.5 Å². The smallest absolute Gasteiger partial charge is 0.308 e. The van der Waals surface area contributed by atoms with E-state index >= 15 is 0 Å². The van der Waals surface area contributed by atoms with Crippen LogP contribution in [-0.4, -0.2) is 31.6 Å². The molecule has 0 spiro atoms. The zero-order valence-electron chi connectivity index (χ0n) is 10.9. The number of hydrogen-bond donors (Lipinski definition) is 3. The van der Waals surface area contributed by atoms with Crippen LogP contribution in [-0.2, 0) is 21.2 Å². The molecule has 0 saturated heterocycles. The number of thiophene rings is 1. The lowest BCUT2D eigenvalue weighted by Gasteiger charge is -2.28. The van der Waals surface area contributed by atoms with Crippen molar-refractivity contribution in [3.63, 3.8) is 0 Å². The summed E-state index contributed by atoms with van der Waals surface area (Å²) in [6, 6.07) is 2.59. The molecular weight excluding hydrogens is 300 g/mol. The van der Waals surface area contributed by atoms with E-state index in [2.05, 4.69) is 4.72 Å². The van der Waals surface area contributed by atoms with Crippen molar-refractivity contribution >= 4 is 27.3 Å².